The number of carbonyl (C=O) groups excluding carboxylic acids is 1. The standard InChI is InChI=1S/C19H20BrN5O2S/c1-11-7-12(2)10-25(9-11)19-23-22-18(28-19)21-17(26)15-8-16(27-24-15)13-3-5-14(20)6-4-13/h3-6,8,11-12H,7,9-10H2,1-2H3,(H,21,22,26)/t11-,12-/m1/s1. The maximum atomic E-state index is 12.5. The second-order valence-corrected chi connectivity index (χ2v) is 9.15. The van der Waals surface area contributed by atoms with Gasteiger partial charge in [-0.15, -0.1) is 10.2 Å². The van der Waals surface area contributed by atoms with Gasteiger partial charge >= 0.3 is 0 Å². The van der Waals surface area contributed by atoms with Gasteiger partial charge in [-0.2, -0.15) is 0 Å². The molecule has 0 unspecified atom stereocenters. The fourth-order valence-corrected chi connectivity index (χ4v) is 4.53. The molecule has 4 rings (SSSR count). The summed E-state index contributed by atoms with van der Waals surface area (Å²) >= 11 is 4.77. The average Bonchev–Trinajstić information content (AvgIpc) is 3.31. The number of nitrogens with one attached hydrogen (secondary N) is 1. The van der Waals surface area contributed by atoms with Crippen LogP contribution in [-0.2, 0) is 0 Å². The molecule has 7 nitrogen and oxygen atoms in total. The Kier molecular flexibility index (Phi) is 5.45. The number of hydrogen-bond acceptors (Lipinski definition) is 7. The minimum Gasteiger partial charge on any atom is -0.355 e. The summed E-state index contributed by atoms with van der Waals surface area (Å²) in [7, 11) is 0. The maximum Gasteiger partial charge on any atom is 0.279 e. The van der Waals surface area contributed by atoms with E-state index in [0.29, 0.717) is 22.7 Å². The summed E-state index contributed by atoms with van der Waals surface area (Å²) < 4.78 is 6.28. The molecular weight excluding hydrogens is 442 g/mol. The third-order valence-electron chi connectivity index (χ3n) is 4.65. The van der Waals surface area contributed by atoms with E-state index in [9.17, 15) is 4.79 Å². The Morgan fingerprint density at radius 3 is 2.64 bits per heavy atom. The van der Waals surface area contributed by atoms with E-state index in [2.05, 4.69) is 55.3 Å². The molecule has 2 atom stereocenters. The second-order valence-electron chi connectivity index (χ2n) is 7.28. The van der Waals surface area contributed by atoms with Crippen LogP contribution < -0.4 is 10.2 Å². The highest BCUT2D eigenvalue weighted by atomic mass is 79.9. The zero-order chi connectivity index (χ0) is 19.7. The number of carbonyl (C=O) groups is 1. The number of rotatable bonds is 4. The smallest absolute Gasteiger partial charge is 0.279 e. The van der Waals surface area contributed by atoms with Crippen LogP contribution >= 0.6 is 27.3 Å². The molecule has 0 bridgehead atoms. The number of amides is 1. The SMILES string of the molecule is C[C@@H]1C[C@@H](C)CN(c2nnc(NC(=O)c3cc(-c4ccc(Br)cc4)on3)s2)C1. The van der Waals surface area contributed by atoms with Crippen LogP contribution in [0.15, 0.2) is 39.3 Å². The fourth-order valence-electron chi connectivity index (χ4n) is 3.51. The highest BCUT2D eigenvalue weighted by Crippen LogP contribution is 2.30. The summed E-state index contributed by atoms with van der Waals surface area (Å²) in [5.41, 5.74) is 1.05. The van der Waals surface area contributed by atoms with Crippen molar-refractivity contribution in [2.75, 3.05) is 23.3 Å². The third-order valence-corrected chi connectivity index (χ3v) is 6.07. The van der Waals surface area contributed by atoms with Gasteiger partial charge in [0.25, 0.3) is 5.91 Å². The van der Waals surface area contributed by atoms with E-state index in [1.807, 2.05) is 24.3 Å². The summed E-state index contributed by atoms with van der Waals surface area (Å²) in [5.74, 6) is 1.41. The van der Waals surface area contributed by atoms with Crippen molar-refractivity contribution < 1.29 is 9.32 Å². The van der Waals surface area contributed by atoms with Crippen molar-refractivity contribution in [3.05, 3.63) is 40.5 Å². The second kappa shape index (κ2) is 8.00. The number of halogens is 1. The quantitative estimate of drug-likeness (QED) is 0.606. The molecule has 146 valence electrons. The van der Waals surface area contributed by atoms with E-state index in [-0.39, 0.29) is 11.6 Å². The minimum atomic E-state index is -0.366. The third kappa shape index (κ3) is 4.25. The Balaban J connectivity index is 1.43. The molecule has 3 heterocycles. The van der Waals surface area contributed by atoms with Crippen molar-refractivity contribution in [2.24, 2.45) is 11.8 Å². The summed E-state index contributed by atoms with van der Waals surface area (Å²) in [5, 5.41) is 16.3. The Labute approximate surface area is 175 Å². The van der Waals surface area contributed by atoms with E-state index >= 15 is 0 Å². The molecule has 1 aromatic carbocycles. The number of anilines is 2. The first kappa shape index (κ1) is 19.1. The van der Waals surface area contributed by atoms with Crippen LogP contribution in [0.5, 0.6) is 0 Å². The van der Waals surface area contributed by atoms with Gasteiger partial charge in [0.05, 0.1) is 0 Å². The first-order valence-corrected chi connectivity index (χ1v) is 10.7. The van der Waals surface area contributed by atoms with Crippen LogP contribution in [0.25, 0.3) is 11.3 Å². The molecule has 0 saturated carbocycles. The Morgan fingerprint density at radius 2 is 1.93 bits per heavy atom. The van der Waals surface area contributed by atoms with Gasteiger partial charge in [-0.25, -0.2) is 0 Å². The zero-order valence-electron chi connectivity index (χ0n) is 15.6. The number of benzene rings is 1. The lowest BCUT2D eigenvalue weighted by Gasteiger charge is -2.34. The van der Waals surface area contributed by atoms with Crippen molar-refractivity contribution in [1.29, 1.82) is 0 Å². The van der Waals surface area contributed by atoms with Gasteiger partial charge in [0.2, 0.25) is 10.3 Å². The van der Waals surface area contributed by atoms with Crippen molar-refractivity contribution >= 4 is 43.4 Å². The Bertz CT molecular complexity index is 961. The van der Waals surface area contributed by atoms with E-state index in [1.165, 1.54) is 17.8 Å². The maximum absolute atomic E-state index is 12.5. The van der Waals surface area contributed by atoms with Crippen LogP contribution in [0, 0.1) is 11.8 Å². The first-order chi connectivity index (χ1) is 13.5. The molecular formula is C19H20BrN5O2S. The molecule has 0 radical (unpaired) electrons. The molecule has 28 heavy (non-hydrogen) atoms. The number of nitrogens with zero attached hydrogens (tertiary/aromatic N) is 4. The lowest BCUT2D eigenvalue weighted by atomic mass is 9.92. The molecule has 1 N–H and O–H groups in total. The van der Waals surface area contributed by atoms with Gasteiger partial charge in [-0.3, -0.25) is 10.1 Å². The molecule has 1 fully saturated rings. The van der Waals surface area contributed by atoms with Gasteiger partial charge in [-0.1, -0.05) is 58.4 Å². The highest BCUT2D eigenvalue weighted by molar-refractivity contribution is 9.10. The topological polar surface area (TPSA) is 84.2 Å². The molecule has 1 saturated heterocycles. The predicted molar refractivity (Wildman–Crippen MR) is 113 cm³/mol. The predicted octanol–water partition coefficient (Wildman–Crippen LogP) is 4.69. The van der Waals surface area contributed by atoms with Crippen LogP contribution in [-0.4, -0.2) is 34.4 Å². The highest BCUT2D eigenvalue weighted by Gasteiger charge is 2.25. The first-order valence-electron chi connectivity index (χ1n) is 9.10. The molecule has 0 spiro atoms. The van der Waals surface area contributed by atoms with Crippen molar-refractivity contribution in [1.82, 2.24) is 15.4 Å². The van der Waals surface area contributed by atoms with Crippen molar-refractivity contribution in [2.45, 2.75) is 20.3 Å². The van der Waals surface area contributed by atoms with Crippen molar-refractivity contribution in [3.63, 3.8) is 0 Å². The van der Waals surface area contributed by atoms with E-state index < -0.39 is 0 Å². The lowest BCUT2D eigenvalue weighted by Crippen LogP contribution is -2.38. The van der Waals surface area contributed by atoms with Crippen LogP contribution in [0.4, 0.5) is 10.3 Å². The molecule has 3 aromatic rings. The van der Waals surface area contributed by atoms with Crippen LogP contribution in [0.3, 0.4) is 0 Å². The van der Waals surface area contributed by atoms with Gasteiger partial charge in [0.1, 0.15) is 0 Å². The van der Waals surface area contributed by atoms with Crippen LogP contribution in [0.2, 0.25) is 0 Å². The lowest BCUT2D eigenvalue weighted by molar-refractivity contribution is 0.101. The average molecular weight is 462 g/mol. The van der Waals surface area contributed by atoms with Crippen LogP contribution in [0.1, 0.15) is 30.8 Å². The van der Waals surface area contributed by atoms with E-state index in [0.717, 1.165) is 28.3 Å². The normalized spacial score (nSPS) is 19.6. The van der Waals surface area contributed by atoms with Gasteiger partial charge in [-0.05, 0) is 30.4 Å². The summed E-state index contributed by atoms with van der Waals surface area (Å²) in [6.45, 7) is 6.43. The monoisotopic (exact) mass is 461 g/mol. The molecule has 9 heteroatoms. The fraction of sp³-hybridized carbons (Fsp3) is 0.368. The summed E-state index contributed by atoms with van der Waals surface area (Å²) in [6, 6.07) is 9.22. The number of piperidine rings is 1. The Hall–Kier alpha value is -2.26. The molecule has 1 aliphatic heterocycles. The molecule has 1 amide bonds. The van der Waals surface area contributed by atoms with Gasteiger partial charge in [0.15, 0.2) is 11.5 Å². The van der Waals surface area contributed by atoms with Gasteiger partial charge < -0.3 is 9.42 Å². The van der Waals surface area contributed by atoms with Crippen molar-refractivity contribution in [3.8, 4) is 11.3 Å². The Morgan fingerprint density at radius 1 is 1.21 bits per heavy atom. The molecule has 0 aliphatic carbocycles. The largest absolute Gasteiger partial charge is 0.355 e. The minimum absolute atomic E-state index is 0.204. The number of hydrogen-bond donors (Lipinski definition) is 1. The molecule has 2 aromatic heterocycles. The summed E-state index contributed by atoms with van der Waals surface area (Å²) in [4.78, 5) is 14.7. The zero-order valence-corrected chi connectivity index (χ0v) is 18.0. The van der Waals surface area contributed by atoms with E-state index in [1.54, 1.807) is 6.07 Å². The molecule has 1 aliphatic rings. The van der Waals surface area contributed by atoms with E-state index in [4.69, 9.17) is 4.52 Å². The summed E-state index contributed by atoms with van der Waals surface area (Å²) in [6.07, 6.45) is 1.23. The van der Waals surface area contributed by atoms with Gasteiger partial charge in [0, 0.05) is 29.2 Å². The number of aromatic nitrogens is 3.